The fraction of sp³-hybridized carbons (Fsp3) is 1.00. The summed E-state index contributed by atoms with van der Waals surface area (Å²) in [6, 6.07) is 1.40. The molecule has 1 atom stereocenters. The van der Waals surface area contributed by atoms with Gasteiger partial charge in [0.05, 0.1) is 6.61 Å². The van der Waals surface area contributed by atoms with Crippen molar-refractivity contribution in [3.63, 3.8) is 0 Å². The van der Waals surface area contributed by atoms with E-state index in [1.807, 2.05) is 7.11 Å². The molecule has 0 saturated heterocycles. The number of nitrogens with one attached hydrogen (secondary N) is 1. The van der Waals surface area contributed by atoms with E-state index < -0.39 is 0 Å². The third-order valence-electron chi connectivity index (χ3n) is 3.13. The first-order valence-corrected chi connectivity index (χ1v) is 6.78. The molecule has 0 spiro atoms. The second-order valence-electron chi connectivity index (χ2n) is 4.78. The lowest BCUT2D eigenvalue weighted by molar-refractivity contribution is 0.0838. The Morgan fingerprint density at radius 1 is 1.31 bits per heavy atom. The lowest BCUT2D eigenvalue weighted by atomic mass is 10.2. The lowest BCUT2D eigenvalue weighted by Gasteiger charge is -2.31. The fourth-order valence-corrected chi connectivity index (χ4v) is 2.24. The number of methoxy groups -OCH3 is 1. The summed E-state index contributed by atoms with van der Waals surface area (Å²) < 4.78 is 5.36. The molecule has 3 heteroatoms. The van der Waals surface area contributed by atoms with Gasteiger partial charge in [0.15, 0.2) is 0 Å². The smallest absolute Gasteiger partial charge is 0.0630 e. The molecule has 16 heavy (non-hydrogen) atoms. The van der Waals surface area contributed by atoms with Crippen molar-refractivity contribution in [2.45, 2.75) is 51.6 Å². The normalized spacial score (nSPS) is 18.0. The molecule has 3 nitrogen and oxygen atoms in total. The van der Waals surface area contributed by atoms with E-state index in [4.69, 9.17) is 4.74 Å². The maximum Gasteiger partial charge on any atom is 0.0630 e. The van der Waals surface area contributed by atoms with Crippen molar-refractivity contribution in [2.24, 2.45) is 0 Å². The van der Waals surface area contributed by atoms with Crippen molar-refractivity contribution in [2.75, 3.05) is 33.4 Å². The summed E-state index contributed by atoms with van der Waals surface area (Å²) in [5, 5.41) is 3.52. The third-order valence-corrected chi connectivity index (χ3v) is 3.13. The van der Waals surface area contributed by atoms with Crippen molar-refractivity contribution in [1.82, 2.24) is 10.2 Å². The third kappa shape index (κ3) is 4.81. The monoisotopic (exact) mass is 228 g/mol. The first-order valence-electron chi connectivity index (χ1n) is 6.78. The average Bonchev–Trinajstić information content (AvgIpc) is 3.09. The van der Waals surface area contributed by atoms with Crippen LogP contribution >= 0.6 is 0 Å². The zero-order chi connectivity index (χ0) is 11.8. The number of ether oxygens (including phenoxy) is 1. The van der Waals surface area contributed by atoms with E-state index in [1.165, 1.54) is 32.2 Å². The highest BCUT2D eigenvalue weighted by Gasteiger charge is 2.32. The predicted octanol–water partition coefficient (Wildman–Crippen LogP) is 1.88. The molecule has 0 heterocycles. The molecular weight excluding hydrogens is 200 g/mol. The van der Waals surface area contributed by atoms with Gasteiger partial charge in [-0.05, 0) is 38.8 Å². The largest absolute Gasteiger partial charge is 0.383 e. The summed E-state index contributed by atoms with van der Waals surface area (Å²) >= 11 is 0. The second kappa shape index (κ2) is 8.04. The van der Waals surface area contributed by atoms with Crippen molar-refractivity contribution in [1.29, 1.82) is 0 Å². The van der Waals surface area contributed by atoms with Crippen molar-refractivity contribution < 1.29 is 4.74 Å². The summed E-state index contributed by atoms with van der Waals surface area (Å²) in [5.41, 5.74) is 0. The first kappa shape index (κ1) is 13.9. The number of rotatable bonds is 10. The zero-order valence-corrected chi connectivity index (χ0v) is 11.2. The van der Waals surface area contributed by atoms with Gasteiger partial charge in [-0.25, -0.2) is 0 Å². The van der Waals surface area contributed by atoms with Crippen LogP contribution in [0.3, 0.4) is 0 Å². The van der Waals surface area contributed by atoms with Crippen LogP contribution in [-0.4, -0.2) is 50.3 Å². The van der Waals surface area contributed by atoms with Crippen LogP contribution in [0.25, 0.3) is 0 Å². The van der Waals surface area contributed by atoms with E-state index in [9.17, 15) is 0 Å². The molecule has 1 aliphatic carbocycles. The van der Waals surface area contributed by atoms with Gasteiger partial charge in [0.1, 0.15) is 0 Å². The molecule has 1 N–H and O–H groups in total. The Morgan fingerprint density at radius 2 is 2.06 bits per heavy atom. The highest BCUT2D eigenvalue weighted by Crippen LogP contribution is 2.28. The Morgan fingerprint density at radius 3 is 2.56 bits per heavy atom. The molecule has 0 amide bonds. The molecule has 0 bridgehead atoms. The van der Waals surface area contributed by atoms with Gasteiger partial charge in [-0.2, -0.15) is 0 Å². The van der Waals surface area contributed by atoms with Crippen LogP contribution in [0, 0.1) is 0 Å². The maximum absolute atomic E-state index is 5.36. The van der Waals surface area contributed by atoms with Gasteiger partial charge in [0, 0.05) is 25.7 Å². The average molecular weight is 228 g/mol. The molecule has 96 valence electrons. The Kier molecular flexibility index (Phi) is 7.01. The van der Waals surface area contributed by atoms with Crippen LogP contribution < -0.4 is 5.32 Å². The highest BCUT2D eigenvalue weighted by molar-refractivity contribution is 4.89. The maximum atomic E-state index is 5.36. The molecular formula is C13H28N2O. The Hall–Kier alpha value is -0.120. The molecule has 0 aromatic heterocycles. The van der Waals surface area contributed by atoms with E-state index in [0.717, 1.165) is 25.7 Å². The summed E-state index contributed by atoms with van der Waals surface area (Å²) in [4.78, 5) is 2.64. The van der Waals surface area contributed by atoms with E-state index >= 15 is 0 Å². The van der Waals surface area contributed by atoms with Crippen molar-refractivity contribution >= 4 is 0 Å². The number of hydrogen-bond donors (Lipinski definition) is 1. The van der Waals surface area contributed by atoms with Gasteiger partial charge in [0.2, 0.25) is 0 Å². The summed E-state index contributed by atoms with van der Waals surface area (Å²) in [5.74, 6) is 0. The topological polar surface area (TPSA) is 24.5 Å². The van der Waals surface area contributed by atoms with Gasteiger partial charge in [-0.1, -0.05) is 13.8 Å². The van der Waals surface area contributed by atoms with E-state index in [0.29, 0.717) is 6.04 Å². The van der Waals surface area contributed by atoms with E-state index in [-0.39, 0.29) is 0 Å². The zero-order valence-electron chi connectivity index (χ0n) is 11.2. The van der Waals surface area contributed by atoms with Gasteiger partial charge in [0.25, 0.3) is 0 Å². The number of nitrogens with zero attached hydrogens (tertiary/aromatic N) is 1. The number of hydrogen-bond acceptors (Lipinski definition) is 3. The fourth-order valence-electron chi connectivity index (χ4n) is 2.24. The summed E-state index contributed by atoms with van der Waals surface area (Å²) in [7, 11) is 1.81. The van der Waals surface area contributed by atoms with Crippen molar-refractivity contribution in [3.8, 4) is 0 Å². The molecule has 0 aliphatic heterocycles. The first-order chi connectivity index (χ1) is 7.83. The predicted molar refractivity (Wildman–Crippen MR) is 68.8 cm³/mol. The minimum Gasteiger partial charge on any atom is -0.383 e. The standard InChI is InChI=1S/C13H28N2O/c1-4-8-14-10-13(11-16-3)15(9-5-2)12-6-7-12/h12-14H,4-11H2,1-3H3. The van der Waals surface area contributed by atoms with Crippen molar-refractivity contribution in [3.05, 3.63) is 0 Å². The van der Waals surface area contributed by atoms with Gasteiger partial charge in [-0.15, -0.1) is 0 Å². The minimum absolute atomic E-state index is 0.559. The van der Waals surface area contributed by atoms with Crippen LogP contribution in [0.15, 0.2) is 0 Å². The highest BCUT2D eigenvalue weighted by atomic mass is 16.5. The van der Waals surface area contributed by atoms with Crippen LogP contribution in [0.2, 0.25) is 0 Å². The van der Waals surface area contributed by atoms with Crippen LogP contribution in [0.4, 0.5) is 0 Å². The molecule has 1 fully saturated rings. The molecule has 1 rings (SSSR count). The lowest BCUT2D eigenvalue weighted by Crippen LogP contribution is -2.46. The summed E-state index contributed by atoms with van der Waals surface area (Å²) in [6.45, 7) is 8.73. The Labute approximate surface area is 101 Å². The molecule has 0 radical (unpaired) electrons. The second-order valence-corrected chi connectivity index (χ2v) is 4.78. The minimum atomic E-state index is 0.559. The van der Waals surface area contributed by atoms with Crippen LogP contribution in [-0.2, 0) is 4.74 Å². The van der Waals surface area contributed by atoms with Gasteiger partial charge >= 0.3 is 0 Å². The molecule has 0 aromatic carbocycles. The molecule has 1 aliphatic rings. The Balaban J connectivity index is 2.37. The van der Waals surface area contributed by atoms with Gasteiger partial charge < -0.3 is 10.1 Å². The van der Waals surface area contributed by atoms with Crippen LogP contribution in [0.5, 0.6) is 0 Å². The quantitative estimate of drug-likeness (QED) is 0.578. The van der Waals surface area contributed by atoms with E-state index in [1.54, 1.807) is 0 Å². The Bertz CT molecular complexity index is 171. The molecule has 0 aromatic rings. The van der Waals surface area contributed by atoms with Gasteiger partial charge in [-0.3, -0.25) is 4.90 Å². The van der Waals surface area contributed by atoms with E-state index in [2.05, 4.69) is 24.1 Å². The SMILES string of the molecule is CCCNCC(COC)N(CCC)C1CC1. The molecule has 1 saturated carbocycles. The van der Waals surface area contributed by atoms with Crippen LogP contribution in [0.1, 0.15) is 39.5 Å². The summed E-state index contributed by atoms with van der Waals surface area (Å²) in [6.07, 6.45) is 5.21. The molecule has 1 unspecified atom stereocenters.